The van der Waals surface area contributed by atoms with Crippen LogP contribution < -0.4 is 10.5 Å². The largest absolute Gasteiger partial charge is 0.493 e. The highest BCUT2D eigenvalue weighted by molar-refractivity contribution is 5.83. The molecule has 0 aromatic heterocycles. The molecule has 2 aliphatic heterocycles. The van der Waals surface area contributed by atoms with E-state index in [9.17, 15) is 18.4 Å². The minimum Gasteiger partial charge on any atom is -0.493 e. The van der Waals surface area contributed by atoms with Crippen LogP contribution >= 0.6 is 0 Å². The Balaban J connectivity index is 1.49. The van der Waals surface area contributed by atoms with E-state index in [1.165, 1.54) is 6.07 Å². The van der Waals surface area contributed by atoms with Gasteiger partial charge in [0.25, 0.3) is 0 Å². The fourth-order valence-electron chi connectivity index (χ4n) is 5.11. The summed E-state index contributed by atoms with van der Waals surface area (Å²) in [4.78, 5) is 29.8. The number of hydrogen-bond donors (Lipinski definition) is 1. The first-order valence-electron chi connectivity index (χ1n) is 12.6. The van der Waals surface area contributed by atoms with Gasteiger partial charge in [0.2, 0.25) is 5.91 Å². The van der Waals surface area contributed by atoms with E-state index in [1.54, 1.807) is 22.8 Å². The summed E-state index contributed by atoms with van der Waals surface area (Å²) < 4.78 is 44.0. The number of carbonyl (C=O) groups is 2. The lowest BCUT2D eigenvalue weighted by Gasteiger charge is -2.32. The zero-order valence-corrected chi connectivity index (χ0v) is 21.3. The number of nitrogens with zero attached hydrogens (tertiary/aromatic N) is 2. The molecular weight excluding hydrogens is 496 g/mol. The highest BCUT2D eigenvalue weighted by Crippen LogP contribution is 2.37. The van der Waals surface area contributed by atoms with Crippen LogP contribution in [0, 0.1) is 17.6 Å². The zero-order chi connectivity index (χ0) is 27.2. The van der Waals surface area contributed by atoms with E-state index in [-0.39, 0.29) is 56.0 Å². The van der Waals surface area contributed by atoms with Crippen LogP contribution in [0.1, 0.15) is 18.9 Å². The summed E-state index contributed by atoms with van der Waals surface area (Å²) in [5, 5.41) is 0. The maximum absolute atomic E-state index is 13.7. The molecule has 0 spiro atoms. The normalized spacial score (nSPS) is 22.1. The van der Waals surface area contributed by atoms with Crippen molar-refractivity contribution in [2.75, 3.05) is 26.3 Å². The third-order valence-corrected chi connectivity index (χ3v) is 7.08. The Morgan fingerprint density at radius 2 is 1.92 bits per heavy atom. The Morgan fingerprint density at radius 3 is 2.63 bits per heavy atom. The van der Waals surface area contributed by atoms with Gasteiger partial charge in [-0.05, 0) is 31.0 Å². The molecule has 2 amide bonds. The third kappa shape index (κ3) is 6.14. The van der Waals surface area contributed by atoms with Crippen molar-refractivity contribution in [3.05, 3.63) is 78.4 Å². The van der Waals surface area contributed by atoms with Crippen molar-refractivity contribution in [1.29, 1.82) is 0 Å². The van der Waals surface area contributed by atoms with Crippen LogP contribution in [0.15, 0.2) is 61.2 Å². The maximum atomic E-state index is 13.7. The molecule has 2 fully saturated rings. The Hall–Kier alpha value is -3.50. The fourth-order valence-corrected chi connectivity index (χ4v) is 5.11. The van der Waals surface area contributed by atoms with Crippen LogP contribution in [0.3, 0.4) is 0 Å². The Morgan fingerprint density at radius 1 is 1.16 bits per heavy atom. The van der Waals surface area contributed by atoms with Gasteiger partial charge in [-0.1, -0.05) is 36.4 Å². The summed E-state index contributed by atoms with van der Waals surface area (Å²) in [6.07, 6.45) is 1.11. The molecule has 2 N–H and O–H groups in total. The zero-order valence-electron chi connectivity index (χ0n) is 21.3. The van der Waals surface area contributed by atoms with Crippen LogP contribution in [-0.2, 0) is 20.9 Å². The number of fused-ring (bicyclic) bond motifs is 1. The van der Waals surface area contributed by atoms with E-state index in [1.807, 2.05) is 30.3 Å². The summed E-state index contributed by atoms with van der Waals surface area (Å²) in [5.74, 6) is -2.42. The van der Waals surface area contributed by atoms with Gasteiger partial charge in [0.15, 0.2) is 11.6 Å². The molecule has 8 nitrogen and oxygen atoms in total. The number of ether oxygens (including phenoxy) is 3. The van der Waals surface area contributed by atoms with Crippen LogP contribution in [0.4, 0.5) is 13.6 Å². The molecule has 2 aliphatic rings. The van der Waals surface area contributed by atoms with Crippen LogP contribution in [0.5, 0.6) is 5.75 Å². The second kappa shape index (κ2) is 12.4. The molecule has 4 rings (SSSR count). The quantitative estimate of drug-likeness (QED) is 0.474. The highest BCUT2D eigenvalue weighted by atomic mass is 19.2. The number of carbonyl (C=O) groups excluding carboxylic acids is 2. The summed E-state index contributed by atoms with van der Waals surface area (Å²) in [7, 11) is 0. The molecule has 5 atom stereocenters. The number of amides is 2. The van der Waals surface area contributed by atoms with E-state index >= 15 is 0 Å². The first-order chi connectivity index (χ1) is 18.3. The van der Waals surface area contributed by atoms with Gasteiger partial charge in [0.05, 0.1) is 31.4 Å². The summed E-state index contributed by atoms with van der Waals surface area (Å²) >= 11 is 0. The molecular formula is C28H33F2N3O5. The Kier molecular flexibility index (Phi) is 8.96. The molecule has 2 heterocycles. The average molecular weight is 530 g/mol. The number of halogens is 2. The van der Waals surface area contributed by atoms with E-state index in [0.29, 0.717) is 13.0 Å². The maximum Gasteiger partial charge on any atom is 0.410 e. The third-order valence-electron chi connectivity index (χ3n) is 7.08. The molecule has 2 saturated heterocycles. The molecule has 204 valence electrons. The van der Waals surface area contributed by atoms with E-state index in [4.69, 9.17) is 19.9 Å². The number of rotatable bonds is 10. The van der Waals surface area contributed by atoms with Crippen molar-refractivity contribution in [1.82, 2.24) is 9.80 Å². The van der Waals surface area contributed by atoms with Crippen molar-refractivity contribution >= 4 is 12.0 Å². The lowest BCUT2D eigenvalue weighted by atomic mass is 9.99. The minimum atomic E-state index is -1.02. The standard InChI is InChI=1S/C28H33F2N3O5/c1-3-13-36-18(2)25(31)27(34)32-12-11-24-26(32)20(17-37-21-9-10-22(29)23(30)14-21)15-33(24)28(35)38-16-19-7-5-4-6-8-19/h3-10,14,18,20,24-26H,1,11-13,15-17,31H2,2H3. The number of hydrogen-bond acceptors (Lipinski definition) is 6. The molecule has 0 bridgehead atoms. The van der Waals surface area contributed by atoms with E-state index < -0.39 is 29.9 Å². The molecule has 0 aliphatic carbocycles. The second-order valence-corrected chi connectivity index (χ2v) is 9.57. The summed E-state index contributed by atoms with van der Waals surface area (Å²) in [6.45, 7) is 6.48. The molecule has 2 aromatic rings. The molecule has 5 unspecified atom stereocenters. The van der Waals surface area contributed by atoms with Gasteiger partial charge in [-0.2, -0.15) is 0 Å². The number of nitrogens with two attached hydrogens (primary N) is 1. The van der Waals surface area contributed by atoms with Gasteiger partial charge < -0.3 is 29.7 Å². The lowest BCUT2D eigenvalue weighted by molar-refractivity contribution is -0.137. The van der Waals surface area contributed by atoms with Gasteiger partial charge in [-0.25, -0.2) is 13.6 Å². The summed E-state index contributed by atoms with van der Waals surface area (Å²) in [6, 6.07) is 11.1. The first-order valence-corrected chi connectivity index (χ1v) is 12.6. The SMILES string of the molecule is C=CCOC(C)C(N)C(=O)N1CCC2C1C(COc1ccc(F)c(F)c1)CN2C(=O)OCc1ccccc1. The number of likely N-dealkylation sites (tertiary alicyclic amines) is 2. The average Bonchev–Trinajstić information content (AvgIpc) is 3.52. The second-order valence-electron chi connectivity index (χ2n) is 9.57. The van der Waals surface area contributed by atoms with E-state index in [0.717, 1.165) is 17.7 Å². The lowest BCUT2D eigenvalue weighted by Crippen LogP contribution is -2.54. The van der Waals surface area contributed by atoms with Crippen molar-refractivity contribution in [2.45, 2.75) is 44.2 Å². The Bertz CT molecular complexity index is 1130. The predicted octanol–water partition coefficient (Wildman–Crippen LogP) is 3.50. The van der Waals surface area contributed by atoms with Crippen molar-refractivity contribution in [3.8, 4) is 5.75 Å². The van der Waals surface area contributed by atoms with Gasteiger partial charge in [-0.3, -0.25) is 4.79 Å². The van der Waals surface area contributed by atoms with Crippen molar-refractivity contribution in [3.63, 3.8) is 0 Å². The molecule has 10 heteroatoms. The topological polar surface area (TPSA) is 94.3 Å². The van der Waals surface area contributed by atoms with Crippen LogP contribution in [0.25, 0.3) is 0 Å². The Labute approximate surface area is 220 Å². The molecule has 38 heavy (non-hydrogen) atoms. The molecule has 0 radical (unpaired) electrons. The minimum absolute atomic E-state index is 0.0796. The van der Waals surface area contributed by atoms with Crippen molar-refractivity contribution in [2.24, 2.45) is 11.7 Å². The van der Waals surface area contributed by atoms with Crippen LogP contribution in [-0.4, -0.2) is 72.3 Å². The van der Waals surface area contributed by atoms with Gasteiger partial charge in [-0.15, -0.1) is 6.58 Å². The van der Waals surface area contributed by atoms with Crippen LogP contribution in [0.2, 0.25) is 0 Å². The van der Waals surface area contributed by atoms with Crippen molar-refractivity contribution < 1.29 is 32.6 Å². The molecule has 0 saturated carbocycles. The smallest absolute Gasteiger partial charge is 0.410 e. The fraction of sp³-hybridized carbons (Fsp3) is 0.429. The summed E-state index contributed by atoms with van der Waals surface area (Å²) in [5.41, 5.74) is 7.11. The van der Waals surface area contributed by atoms with Gasteiger partial charge in [0.1, 0.15) is 18.4 Å². The first kappa shape index (κ1) is 27.5. The predicted molar refractivity (Wildman–Crippen MR) is 136 cm³/mol. The van der Waals surface area contributed by atoms with E-state index in [2.05, 4.69) is 6.58 Å². The monoisotopic (exact) mass is 529 g/mol. The van der Waals surface area contributed by atoms with Gasteiger partial charge >= 0.3 is 6.09 Å². The number of benzene rings is 2. The van der Waals surface area contributed by atoms with Gasteiger partial charge in [0, 0.05) is 25.1 Å². The highest BCUT2D eigenvalue weighted by Gasteiger charge is 2.53. The molecule has 2 aromatic carbocycles.